The van der Waals surface area contributed by atoms with Gasteiger partial charge in [0, 0.05) is 17.4 Å². The second kappa shape index (κ2) is 7.56. The third-order valence-corrected chi connectivity index (χ3v) is 4.71. The van der Waals surface area contributed by atoms with Crippen LogP contribution in [0.15, 0.2) is 78.9 Å². The summed E-state index contributed by atoms with van der Waals surface area (Å²) in [6, 6.07) is 24.0. The molecule has 4 rings (SSSR count). The number of ether oxygens (including phenoxy) is 1. The van der Waals surface area contributed by atoms with E-state index in [9.17, 15) is 9.59 Å². The zero-order chi connectivity index (χ0) is 19.5. The van der Waals surface area contributed by atoms with Crippen LogP contribution in [0.2, 0.25) is 0 Å². The summed E-state index contributed by atoms with van der Waals surface area (Å²) in [6.07, 6.45) is 0.751. The van der Waals surface area contributed by atoms with E-state index in [1.807, 2.05) is 61.5 Å². The Morgan fingerprint density at radius 3 is 2.29 bits per heavy atom. The maximum Gasteiger partial charge on any atom is 0.316 e. The zero-order valence-corrected chi connectivity index (χ0v) is 15.5. The fraction of sp³-hybridized carbons (Fsp3) is 0.130. The van der Waals surface area contributed by atoms with Gasteiger partial charge in [0.1, 0.15) is 11.5 Å². The monoisotopic (exact) mass is 372 g/mol. The Morgan fingerprint density at radius 1 is 0.893 bits per heavy atom. The first-order valence-corrected chi connectivity index (χ1v) is 9.17. The summed E-state index contributed by atoms with van der Waals surface area (Å²) in [7, 11) is 0. The Bertz CT molecular complexity index is 1000. The van der Waals surface area contributed by atoms with Crippen LogP contribution < -0.4 is 15.0 Å². The van der Waals surface area contributed by atoms with Gasteiger partial charge >= 0.3 is 11.8 Å². The van der Waals surface area contributed by atoms with Crippen LogP contribution in [0.1, 0.15) is 12.5 Å². The van der Waals surface area contributed by atoms with Gasteiger partial charge in [-0.05, 0) is 61.4 Å². The Balaban J connectivity index is 1.43. The Kier molecular flexibility index (Phi) is 4.81. The molecule has 3 aromatic rings. The van der Waals surface area contributed by atoms with Crippen LogP contribution in [0.3, 0.4) is 0 Å². The fourth-order valence-corrected chi connectivity index (χ4v) is 3.40. The predicted octanol–water partition coefficient (Wildman–Crippen LogP) is 4.40. The van der Waals surface area contributed by atoms with Gasteiger partial charge in [0.15, 0.2) is 0 Å². The molecule has 1 atom stereocenters. The number of para-hydroxylation sites is 2. The van der Waals surface area contributed by atoms with Crippen molar-refractivity contribution < 1.29 is 14.3 Å². The summed E-state index contributed by atoms with van der Waals surface area (Å²) in [5.41, 5.74) is 2.43. The van der Waals surface area contributed by atoms with Crippen LogP contribution in [0, 0.1) is 0 Å². The van der Waals surface area contributed by atoms with E-state index in [4.69, 9.17) is 4.74 Å². The number of amides is 2. The minimum Gasteiger partial charge on any atom is -0.457 e. The quantitative estimate of drug-likeness (QED) is 0.694. The Morgan fingerprint density at radius 2 is 1.54 bits per heavy atom. The number of nitrogens with zero attached hydrogens (tertiary/aromatic N) is 1. The number of benzene rings is 3. The molecule has 0 saturated heterocycles. The van der Waals surface area contributed by atoms with Crippen molar-refractivity contribution in [2.75, 3.05) is 10.2 Å². The van der Waals surface area contributed by atoms with Crippen molar-refractivity contribution in [2.24, 2.45) is 0 Å². The standard InChI is InChI=1S/C23H20N2O3/c1-16-15-17-7-5-6-10-21(17)25(16)23(27)22(26)24-18-11-13-20(14-12-18)28-19-8-3-2-4-9-19/h2-14,16H,15H2,1H3,(H,24,26). The average molecular weight is 372 g/mol. The number of carbonyl (C=O) groups excluding carboxylic acids is 2. The third kappa shape index (κ3) is 3.60. The van der Waals surface area contributed by atoms with Crippen LogP contribution >= 0.6 is 0 Å². The van der Waals surface area contributed by atoms with Crippen molar-refractivity contribution in [3.63, 3.8) is 0 Å². The molecule has 0 aliphatic carbocycles. The molecule has 0 spiro atoms. The molecule has 2 amide bonds. The number of hydrogen-bond donors (Lipinski definition) is 1. The van der Waals surface area contributed by atoms with Gasteiger partial charge in [0.05, 0.1) is 0 Å². The lowest BCUT2D eigenvalue weighted by molar-refractivity contribution is -0.134. The second-order valence-electron chi connectivity index (χ2n) is 6.75. The summed E-state index contributed by atoms with van der Waals surface area (Å²) in [4.78, 5) is 26.8. The summed E-state index contributed by atoms with van der Waals surface area (Å²) < 4.78 is 5.73. The molecule has 1 heterocycles. The Labute approximate surface area is 163 Å². The van der Waals surface area contributed by atoms with E-state index in [1.54, 1.807) is 29.2 Å². The van der Waals surface area contributed by atoms with Crippen molar-refractivity contribution in [1.29, 1.82) is 0 Å². The fourth-order valence-electron chi connectivity index (χ4n) is 3.40. The average Bonchev–Trinajstić information content (AvgIpc) is 3.05. The summed E-state index contributed by atoms with van der Waals surface area (Å²) in [5, 5.41) is 2.68. The maximum absolute atomic E-state index is 12.7. The molecular formula is C23H20N2O3. The minimum absolute atomic E-state index is 0.0442. The predicted molar refractivity (Wildman–Crippen MR) is 109 cm³/mol. The van der Waals surface area contributed by atoms with Gasteiger partial charge in [-0.3, -0.25) is 9.59 Å². The SMILES string of the molecule is CC1Cc2ccccc2N1C(=O)C(=O)Nc1ccc(Oc2ccccc2)cc1. The molecule has 1 aliphatic heterocycles. The van der Waals surface area contributed by atoms with Crippen LogP contribution in [0.5, 0.6) is 11.5 Å². The molecule has 5 heteroatoms. The van der Waals surface area contributed by atoms with Crippen molar-refractivity contribution in [3.05, 3.63) is 84.4 Å². The normalized spacial score (nSPS) is 15.0. The summed E-state index contributed by atoms with van der Waals surface area (Å²) >= 11 is 0. The van der Waals surface area contributed by atoms with Gasteiger partial charge in [-0.15, -0.1) is 0 Å². The van der Waals surface area contributed by atoms with Crippen molar-refractivity contribution in [2.45, 2.75) is 19.4 Å². The zero-order valence-electron chi connectivity index (χ0n) is 15.5. The molecule has 140 valence electrons. The maximum atomic E-state index is 12.7. The van der Waals surface area contributed by atoms with E-state index in [0.717, 1.165) is 23.4 Å². The van der Waals surface area contributed by atoms with Crippen molar-refractivity contribution in [3.8, 4) is 11.5 Å². The summed E-state index contributed by atoms with van der Waals surface area (Å²) in [6.45, 7) is 1.95. The lowest BCUT2D eigenvalue weighted by atomic mass is 10.1. The molecule has 5 nitrogen and oxygen atoms in total. The molecule has 0 fully saturated rings. The molecule has 1 N–H and O–H groups in total. The summed E-state index contributed by atoms with van der Waals surface area (Å²) in [5.74, 6) is 0.177. The van der Waals surface area contributed by atoms with E-state index in [-0.39, 0.29) is 6.04 Å². The highest BCUT2D eigenvalue weighted by atomic mass is 16.5. The van der Waals surface area contributed by atoms with Gasteiger partial charge < -0.3 is 15.0 Å². The lowest BCUT2D eigenvalue weighted by Crippen LogP contribution is -2.43. The van der Waals surface area contributed by atoms with Gasteiger partial charge in [0.2, 0.25) is 0 Å². The van der Waals surface area contributed by atoms with Crippen LogP contribution in [0.25, 0.3) is 0 Å². The molecule has 0 radical (unpaired) electrons. The molecule has 0 aromatic heterocycles. The smallest absolute Gasteiger partial charge is 0.316 e. The number of nitrogens with one attached hydrogen (secondary N) is 1. The van der Waals surface area contributed by atoms with Gasteiger partial charge in [-0.1, -0.05) is 36.4 Å². The van der Waals surface area contributed by atoms with E-state index >= 15 is 0 Å². The third-order valence-electron chi connectivity index (χ3n) is 4.71. The van der Waals surface area contributed by atoms with Crippen molar-refractivity contribution >= 4 is 23.2 Å². The first-order valence-electron chi connectivity index (χ1n) is 9.17. The van der Waals surface area contributed by atoms with Crippen LogP contribution in [-0.4, -0.2) is 17.9 Å². The van der Waals surface area contributed by atoms with E-state index in [0.29, 0.717) is 11.4 Å². The molecular weight excluding hydrogens is 352 g/mol. The number of fused-ring (bicyclic) bond motifs is 1. The highest BCUT2D eigenvalue weighted by Gasteiger charge is 2.34. The number of anilines is 2. The largest absolute Gasteiger partial charge is 0.457 e. The molecule has 0 bridgehead atoms. The second-order valence-corrected chi connectivity index (χ2v) is 6.75. The van der Waals surface area contributed by atoms with E-state index in [1.165, 1.54) is 0 Å². The number of carbonyl (C=O) groups is 2. The van der Waals surface area contributed by atoms with E-state index < -0.39 is 11.8 Å². The molecule has 28 heavy (non-hydrogen) atoms. The first-order chi connectivity index (χ1) is 13.6. The Hall–Kier alpha value is -3.60. The molecule has 3 aromatic carbocycles. The van der Waals surface area contributed by atoms with Gasteiger partial charge in [-0.2, -0.15) is 0 Å². The van der Waals surface area contributed by atoms with Crippen LogP contribution in [-0.2, 0) is 16.0 Å². The number of hydrogen-bond acceptors (Lipinski definition) is 3. The highest BCUT2D eigenvalue weighted by molar-refractivity contribution is 6.44. The molecule has 1 unspecified atom stereocenters. The van der Waals surface area contributed by atoms with Crippen LogP contribution in [0.4, 0.5) is 11.4 Å². The van der Waals surface area contributed by atoms with Gasteiger partial charge in [-0.25, -0.2) is 0 Å². The van der Waals surface area contributed by atoms with Crippen molar-refractivity contribution in [1.82, 2.24) is 0 Å². The lowest BCUT2D eigenvalue weighted by Gasteiger charge is -2.22. The topological polar surface area (TPSA) is 58.6 Å². The highest BCUT2D eigenvalue weighted by Crippen LogP contribution is 2.32. The minimum atomic E-state index is -0.653. The van der Waals surface area contributed by atoms with E-state index in [2.05, 4.69) is 5.32 Å². The van der Waals surface area contributed by atoms with Gasteiger partial charge in [0.25, 0.3) is 0 Å². The molecule has 1 aliphatic rings. The first kappa shape index (κ1) is 17.8. The molecule has 0 saturated carbocycles. The number of rotatable bonds is 3.